The zero-order chi connectivity index (χ0) is 36.6. The molecule has 262 valence electrons. The molecule has 53 heavy (non-hydrogen) atoms. The van der Waals surface area contributed by atoms with Crippen molar-refractivity contribution in [1.29, 1.82) is 0 Å². The normalized spacial score (nSPS) is 26.3. The molecule has 8 heteroatoms. The molecule has 4 aliphatic rings. The first-order valence-electron chi connectivity index (χ1n) is 18.0. The molecule has 2 aliphatic heterocycles. The molecule has 9 rings (SSSR count). The first kappa shape index (κ1) is 32.6. The van der Waals surface area contributed by atoms with Gasteiger partial charge in [-0.15, -0.1) is 0 Å². The molecule has 2 saturated heterocycles. The van der Waals surface area contributed by atoms with E-state index in [2.05, 4.69) is 12.0 Å². The maximum Gasteiger partial charge on any atom is 0.260 e. The number of imide groups is 2. The maximum atomic E-state index is 15.5. The van der Waals surface area contributed by atoms with Gasteiger partial charge >= 0.3 is 0 Å². The minimum atomic E-state index is -1.49. The molecule has 4 amide bonds. The highest BCUT2D eigenvalue weighted by molar-refractivity contribution is 6.22. The van der Waals surface area contributed by atoms with E-state index in [1.54, 1.807) is 24.3 Å². The highest BCUT2D eigenvalue weighted by Gasteiger charge is 2.70. The van der Waals surface area contributed by atoms with Crippen molar-refractivity contribution in [1.82, 2.24) is 5.01 Å². The van der Waals surface area contributed by atoms with Crippen LogP contribution < -0.4 is 10.3 Å². The van der Waals surface area contributed by atoms with Crippen molar-refractivity contribution >= 4 is 51.9 Å². The van der Waals surface area contributed by atoms with Crippen molar-refractivity contribution in [2.75, 3.05) is 10.3 Å². The van der Waals surface area contributed by atoms with Crippen molar-refractivity contribution in [3.63, 3.8) is 0 Å². The lowest BCUT2D eigenvalue weighted by Crippen LogP contribution is -2.53. The number of anilines is 2. The predicted molar refractivity (Wildman–Crippen MR) is 203 cm³/mol. The molecule has 0 radical (unpaired) electrons. The van der Waals surface area contributed by atoms with Crippen LogP contribution in [-0.4, -0.2) is 33.7 Å². The highest BCUT2D eigenvalue weighted by Crippen LogP contribution is 2.65. The number of benzene rings is 5. The summed E-state index contributed by atoms with van der Waals surface area (Å²) < 4.78 is 0. The number of amides is 4. The summed E-state index contributed by atoms with van der Waals surface area (Å²) in [6, 6.07) is 35.2. The molecule has 5 aromatic rings. The molecular weight excluding hydrogens is 663 g/mol. The monoisotopic (exact) mass is 699 g/mol. The van der Waals surface area contributed by atoms with Gasteiger partial charge in [-0.1, -0.05) is 115 Å². The average Bonchev–Trinajstić information content (AvgIpc) is 3.57. The van der Waals surface area contributed by atoms with Crippen LogP contribution in [0.2, 0.25) is 0 Å². The number of hydrogen-bond donors (Lipinski definition) is 2. The lowest BCUT2D eigenvalue weighted by molar-refractivity contribution is -0.138. The van der Waals surface area contributed by atoms with Crippen LogP contribution in [0, 0.1) is 30.6 Å². The third-order valence-electron chi connectivity index (χ3n) is 12.0. The van der Waals surface area contributed by atoms with Crippen molar-refractivity contribution in [3.05, 3.63) is 156 Å². The largest absolute Gasteiger partial charge is 0.508 e. The van der Waals surface area contributed by atoms with Gasteiger partial charge in [-0.05, 0) is 77.9 Å². The second-order valence-electron chi connectivity index (χ2n) is 14.6. The molecule has 0 unspecified atom stereocenters. The van der Waals surface area contributed by atoms with E-state index >= 15 is 4.79 Å². The topological polar surface area (TPSA) is 107 Å². The smallest absolute Gasteiger partial charge is 0.260 e. The Morgan fingerprint density at radius 1 is 0.792 bits per heavy atom. The molecule has 3 fully saturated rings. The number of rotatable bonds is 6. The Morgan fingerprint density at radius 3 is 2.25 bits per heavy atom. The molecule has 8 nitrogen and oxygen atoms in total. The van der Waals surface area contributed by atoms with Gasteiger partial charge in [0.25, 0.3) is 11.8 Å². The summed E-state index contributed by atoms with van der Waals surface area (Å²) in [4.78, 5) is 60.5. The number of hydrogen-bond acceptors (Lipinski definition) is 6. The summed E-state index contributed by atoms with van der Waals surface area (Å²) in [6.07, 6.45) is 4.17. The third-order valence-corrected chi connectivity index (χ3v) is 12.0. The number of hydrazine groups is 1. The molecule has 0 bridgehead atoms. The van der Waals surface area contributed by atoms with E-state index in [0.717, 1.165) is 32.5 Å². The quantitative estimate of drug-likeness (QED) is 0.139. The number of carbonyl (C=O) groups excluding carboxylic acids is 4. The SMILES string of the molecule is C=Cc1ccc(N2C(=O)[C@H]3[C@H](CC=C4[C@H]3C[C@H]3C(=O)N(Nc5ccc(C)cc5)C(=O)[C@@]3(c3ccccc3)[C@H]4c3c(O)ccc4ccccc34)C2=O)cc1. The summed E-state index contributed by atoms with van der Waals surface area (Å²) in [7, 11) is 0. The van der Waals surface area contributed by atoms with E-state index in [4.69, 9.17) is 0 Å². The number of nitrogens with zero attached hydrogens (tertiary/aromatic N) is 2. The van der Waals surface area contributed by atoms with Gasteiger partial charge in [0.15, 0.2) is 0 Å². The van der Waals surface area contributed by atoms with Gasteiger partial charge in [0.1, 0.15) is 5.75 Å². The molecule has 6 atom stereocenters. The Kier molecular flexibility index (Phi) is 7.48. The van der Waals surface area contributed by atoms with E-state index < -0.39 is 46.8 Å². The minimum absolute atomic E-state index is 0.00520. The fourth-order valence-electron chi connectivity index (χ4n) is 9.66. The van der Waals surface area contributed by atoms with Crippen LogP contribution in [0.25, 0.3) is 16.8 Å². The number of phenolic OH excluding ortho intramolecular Hbond substituents is 1. The summed E-state index contributed by atoms with van der Waals surface area (Å²) in [5, 5.41) is 14.7. The molecule has 2 heterocycles. The number of carbonyl (C=O) groups is 4. The van der Waals surface area contributed by atoms with Gasteiger partial charge < -0.3 is 5.11 Å². The lowest BCUT2D eigenvalue weighted by atomic mass is 9.48. The Morgan fingerprint density at radius 2 is 1.51 bits per heavy atom. The Bertz CT molecular complexity index is 2390. The highest BCUT2D eigenvalue weighted by atomic mass is 16.3. The molecule has 2 aliphatic carbocycles. The summed E-state index contributed by atoms with van der Waals surface area (Å²) in [5.74, 6) is -5.15. The van der Waals surface area contributed by atoms with E-state index in [1.165, 1.54) is 4.90 Å². The van der Waals surface area contributed by atoms with Gasteiger partial charge in [0, 0.05) is 11.5 Å². The first-order chi connectivity index (χ1) is 25.7. The number of aryl methyl sites for hydroxylation is 1. The Hall–Kier alpha value is -6.28. The zero-order valence-electron chi connectivity index (χ0n) is 29.1. The molecule has 5 aromatic carbocycles. The zero-order valence-corrected chi connectivity index (χ0v) is 29.1. The Balaban J connectivity index is 1.27. The fraction of sp³-hybridized carbons (Fsp3) is 0.200. The van der Waals surface area contributed by atoms with Gasteiger partial charge in [-0.2, -0.15) is 5.01 Å². The van der Waals surface area contributed by atoms with Gasteiger partial charge in [-0.25, -0.2) is 0 Å². The summed E-state index contributed by atoms with van der Waals surface area (Å²) >= 11 is 0. The number of nitrogens with one attached hydrogen (secondary N) is 1. The van der Waals surface area contributed by atoms with E-state index in [1.807, 2.05) is 110 Å². The number of phenols is 1. The van der Waals surface area contributed by atoms with Crippen LogP contribution in [0.4, 0.5) is 11.4 Å². The number of allylic oxidation sites excluding steroid dienone is 2. The summed E-state index contributed by atoms with van der Waals surface area (Å²) in [6.45, 7) is 5.78. The van der Waals surface area contributed by atoms with Crippen molar-refractivity contribution in [2.45, 2.75) is 31.1 Å². The predicted octanol–water partition coefficient (Wildman–Crippen LogP) is 7.69. The van der Waals surface area contributed by atoms with Crippen molar-refractivity contribution in [3.8, 4) is 5.75 Å². The van der Waals surface area contributed by atoms with Gasteiger partial charge in [0.2, 0.25) is 11.8 Å². The van der Waals surface area contributed by atoms with Crippen molar-refractivity contribution < 1.29 is 24.3 Å². The van der Waals surface area contributed by atoms with Crippen LogP contribution in [0.3, 0.4) is 0 Å². The maximum absolute atomic E-state index is 15.5. The fourth-order valence-corrected chi connectivity index (χ4v) is 9.66. The van der Waals surface area contributed by atoms with Crippen LogP contribution >= 0.6 is 0 Å². The molecule has 2 N–H and O–H groups in total. The molecule has 0 spiro atoms. The van der Waals surface area contributed by atoms with Crippen LogP contribution in [0.5, 0.6) is 5.75 Å². The molecule has 1 saturated carbocycles. The van der Waals surface area contributed by atoms with Crippen LogP contribution in [0.1, 0.15) is 41.0 Å². The van der Waals surface area contributed by atoms with Crippen LogP contribution in [-0.2, 0) is 24.6 Å². The average molecular weight is 700 g/mol. The lowest BCUT2D eigenvalue weighted by Gasteiger charge is -2.51. The number of fused-ring (bicyclic) bond motifs is 5. The summed E-state index contributed by atoms with van der Waals surface area (Å²) in [5.41, 5.74) is 6.58. The second kappa shape index (κ2) is 12.2. The van der Waals surface area contributed by atoms with Crippen molar-refractivity contribution in [2.24, 2.45) is 23.7 Å². The van der Waals surface area contributed by atoms with E-state index in [-0.39, 0.29) is 30.4 Å². The minimum Gasteiger partial charge on any atom is -0.508 e. The van der Waals surface area contributed by atoms with Gasteiger partial charge in [-0.3, -0.25) is 29.5 Å². The second-order valence-corrected chi connectivity index (χ2v) is 14.6. The Labute approximate surface area is 307 Å². The standard InChI is InChI=1S/C45H37N3O5/c1-3-27-15-20-31(21-16-27)47-41(50)34-23-22-33-35(38(34)43(47)52)25-36-42(51)48(46-30-18-13-26(2)14-19-30)44(53)45(36,29-10-5-4-6-11-29)40(33)39-32-12-8-7-9-28(32)17-24-37(39)49/h3-22,24,34-36,38,40,46,49H,1,23,25H2,2H3/t34-,35+,36-,38-,40+,45+/m0/s1. The van der Waals surface area contributed by atoms with Crippen LogP contribution in [0.15, 0.2) is 133 Å². The van der Waals surface area contributed by atoms with Gasteiger partial charge in [0.05, 0.1) is 34.5 Å². The molecular formula is C45H37N3O5. The first-order valence-corrected chi connectivity index (χ1v) is 18.0. The number of aromatic hydroxyl groups is 1. The third kappa shape index (κ3) is 4.68. The van der Waals surface area contributed by atoms with E-state index in [9.17, 15) is 19.5 Å². The molecule has 0 aromatic heterocycles. The van der Waals surface area contributed by atoms with E-state index in [0.29, 0.717) is 22.5 Å².